The summed E-state index contributed by atoms with van der Waals surface area (Å²) >= 11 is 7.77. The number of benzene rings is 2. The number of rotatable bonds is 6. The first-order chi connectivity index (χ1) is 12.8. The van der Waals surface area contributed by atoms with E-state index in [2.05, 4.69) is 26.9 Å². The van der Waals surface area contributed by atoms with Crippen LogP contribution in [0.25, 0.3) is 5.69 Å². The molecule has 0 spiro atoms. The standard InChI is InChI=1S/C20H20ClN3OS/c21-16-8-10-17(11-9-16)24-19(13-15-5-2-1-3-6-15)22-23-20(24)26-14-18-7-4-12-25-18/h1-3,5-6,8-11,18H,4,7,12-14H2/t18-/m1/s1. The molecule has 1 atom stereocenters. The monoisotopic (exact) mass is 385 g/mol. The topological polar surface area (TPSA) is 39.9 Å². The highest BCUT2D eigenvalue weighted by molar-refractivity contribution is 7.99. The van der Waals surface area contributed by atoms with Gasteiger partial charge in [0.15, 0.2) is 5.16 Å². The van der Waals surface area contributed by atoms with Crippen molar-refractivity contribution in [2.24, 2.45) is 0 Å². The largest absolute Gasteiger partial charge is 0.377 e. The summed E-state index contributed by atoms with van der Waals surface area (Å²) in [4.78, 5) is 0. The van der Waals surface area contributed by atoms with E-state index in [0.29, 0.717) is 6.10 Å². The summed E-state index contributed by atoms with van der Waals surface area (Å²) in [7, 11) is 0. The average molecular weight is 386 g/mol. The van der Waals surface area contributed by atoms with Crippen LogP contribution in [0.15, 0.2) is 59.8 Å². The van der Waals surface area contributed by atoms with E-state index in [9.17, 15) is 0 Å². The van der Waals surface area contributed by atoms with E-state index in [1.54, 1.807) is 11.8 Å². The first kappa shape index (κ1) is 17.6. The molecule has 0 radical (unpaired) electrons. The molecular weight excluding hydrogens is 366 g/mol. The molecule has 0 saturated carbocycles. The van der Waals surface area contributed by atoms with Crippen molar-refractivity contribution in [1.82, 2.24) is 14.8 Å². The minimum Gasteiger partial charge on any atom is -0.377 e. The number of ether oxygens (including phenoxy) is 1. The molecule has 0 amide bonds. The van der Waals surface area contributed by atoms with E-state index in [4.69, 9.17) is 16.3 Å². The van der Waals surface area contributed by atoms with E-state index in [1.165, 1.54) is 5.56 Å². The molecule has 134 valence electrons. The van der Waals surface area contributed by atoms with Crippen molar-refractivity contribution in [1.29, 1.82) is 0 Å². The van der Waals surface area contributed by atoms with E-state index < -0.39 is 0 Å². The lowest BCUT2D eigenvalue weighted by molar-refractivity contribution is 0.129. The number of thioether (sulfide) groups is 1. The minimum atomic E-state index is 0.313. The van der Waals surface area contributed by atoms with Crippen LogP contribution in [0.3, 0.4) is 0 Å². The zero-order chi connectivity index (χ0) is 17.8. The van der Waals surface area contributed by atoms with Crippen molar-refractivity contribution in [3.05, 3.63) is 71.0 Å². The molecule has 0 N–H and O–H groups in total. The van der Waals surface area contributed by atoms with Gasteiger partial charge in [0, 0.05) is 29.5 Å². The molecule has 1 fully saturated rings. The van der Waals surface area contributed by atoms with Crippen molar-refractivity contribution in [2.75, 3.05) is 12.4 Å². The summed E-state index contributed by atoms with van der Waals surface area (Å²) in [6, 6.07) is 18.2. The molecular formula is C20H20ClN3OS. The van der Waals surface area contributed by atoms with Gasteiger partial charge >= 0.3 is 0 Å². The van der Waals surface area contributed by atoms with Crippen molar-refractivity contribution >= 4 is 23.4 Å². The SMILES string of the molecule is Clc1ccc(-n2c(Cc3ccccc3)nnc2SC[C@H]2CCCO2)cc1. The van der Waals surface area contributed by atoms with Crippen molar-refractivity contribution in [3.8, 4) is 5.69 Å². The minimum absolute atomic E-state index is 0.313. The summed E-state index contributed by atoms with van der Waals surface area (Å²) in [6.45, 7) is 0.869. The molecule has 1 aliphatic heterocycles. The third kappa shape index (κ3) is 4.11. The predicted octanol–water partition coefficient (Wildman–Crippen LogP) is 4.78. The van der Waals surface area contributed by atoms with Crippen LogP contribution in [-0.2, 0) is 11.2 Å². The van der Waals surface area contributed by atoms with Gasteiger partial charge in [-0.15, -0.1) is 10.2 Å². The summed E-state index contributed by atoms with van der Waals surface area (Å²) in [6.07, 6.45) is 3.32. The van der Waals surface area contributed by atoms with Crippen LogP contribution >= 0.6 is 23.4 Å². The van der Waals surface area contributed by atoms with Gasteiger partial charge in [-0.3, -0.25) is 4.57 Å². The molecule has 4 rings (SSSR count). The molecule has 0 aliphatic carbocycles. The van der Waals surface area contributed by atoms with Gasteiger partial charge in [0.2, 0.25) is 0 Å². The van der Waals surface area contributed by atoms with Gasteiger partial charge in [-0.2, -0.15) is 0 Å². The zero-order valence-electron chi connectivity index (χ0n) is 14.3. The van der Waals surface area contributed by atoms with Crippen molar-refractivity contribution in [2.45, 2.75) is 30.5 Å². The highest BCUT2D eigenvalue weighted by Crippen LogP contribution is 2.27. The zero-order valence-corrected chi connectivity index (χ0v) is 15.9. The van der Waals surface area contributed by atoms with Crippen LogP contribution in [0.5, 0.6) is 0 Å². The molecule has 6 heteroatoms. The second kappa shape index (κ2) is 8.25. The second-order valence-electron chi connectivity index (χ2n) is 6.32. The molecule has 3 aromatic rings. The van der Waals surface area contributed by atoms with Crippen LogP contribution in [0.2, 0.25) is 5.02 Å². The predicted molar refractivity (Wildman–Crippen MR) is 105 cm³/mol. The lowest BCUT2D eigenvalue weighted by Gasteiger charge is -2.12. The number of nitrogens with zero attached hydrogens (tertiary/aromatic N) is 3. The van der Waals surface area contributed by atoms with Crippen LogP contribution < -0.4 is 0 Å². The number of hydrogen-bond donors (Lipinski definition) is 0. The Morgan fingerprint density at radius 2 is 1.88 bits per heavy atom. The van der Waals surface area contributed by atoms with Crippen LogP contribution in [-0.4, -0.2) is 33.2 Å². The lowest BCUT2D eigenvalue weighted by atomic mass is 10.1. The summed E-state index contributed by atoms with van der Waals surface area (Å²) in [5.74, 6) is 1.82. The second-order valence-corrected chi connectivity index (χ2v) is 7.74. The van der Waals surface area contributed by atoms with Gasteiger partial charge in [0.1, 0.15) is 5.82 Å². The number of halogens is 1. The molecule has 0 bridgehead atoms. The van der Waals surface area contributed by atoms with Gasteiger partial charge in [0.25, 0.3) is 0 Å². The highest BCUT2D eigenvalue weighted by atomic mass is 35.5. The van der Waals surface area contributed by atoms with Gasteiger partial charge in [-0.05, 0) is 42.7 Å². The van der Waals surface area contributed by atoms with E-state index in [0.717, 1.165) is 53.3 Å². The number of aromatic nitrogens is 3. The molecule has 1 saturated heterocycles. The quantitative estimate of drug-likeness (QED) is 0.572. The Hall–Kier alpha value is -1.82. The fraction of sp³-hybridized carbons (Fsp3) is 0.300. The van der Waals surface area contributed by atoms with E-state index in [1.807, 2.05) is 42.5 Å². The summed E-state index contributed by atoms with van der Waals surface area (Å²) < 4.78 is 7.87. The Balaban J connectivity index is 1.63. The fourth-order valence-corrected chi connectivity index (χ4v) is 4.24. The summed E-state index contributed by atoms with van der Waals surface area (Å²) in [5, 5.41) is 10.6. The van der Waals surface area contributed by atoms with E-state index >= 15 is 0 Å². The van der Waals surface area contributed by atoms with Crippen LogP contribution in [0.4, 0.5) is 0 Å². The Morgan fingerprint density at radius 3 is 2.62 bits per heavy atom. The number of hydrogen-bond acceptors (Lipinski definition) is 4. The van der Waals surface area contributed by atoms with Gasteiger partial charge in [-0.1, -0.05) is 53.7 Å². The van der Waals surface area contributed by atoms with Gasteiger partial charge < -0.3 is 4.74 Å². The summed E-state index contributed by atoms with van der Waals surface area (Å²) in [5.41, 5.74) is 2.24. The van der Waals surface area contributed by atoms with Crippen molar-refractivity contribution < 1.29 is 4.74 Å². The molecule has 0 unspecified atom stereocenters. The maximum Gasteiger partial charge on any atom is 0.195 e. The maximum atomic E-state index is 6.07. The Morgan fingerprint density at radius 1 is 1.08 bits per heavy atom. The molecule has 2 heterocycles. The Bertz CT molecular complexity index is 845. The van der Waals surface area contributed by atoms with E-state index in [-0.39, 0.29) is 0 Å². The first-order valence-corrected chi connectivity index (χ1v) is 10.1. The smallest absolute Gasteiger partial charge is 0.195 e. The Labute approximate surface area is 162 Å². The molecule has 26 heavy (non-hydrogen) atoms. The molecule has 1 aliphatic rings. The van der Waals surface area contributed by atoms with Crippen molar-refractivity contribution in [3.63, 3.8) is 0 Å². The molecule has 1 aromatic heterocycles. The molecule has 2 aromatic carbocycles. The average Bonchev–Trinajstić information content (AvgIpc) is 3.32. The lowest BCUT2D eigenvalue weighted by Crippen LogP contribution is -2.09. The molecule has 4 nitrogen and oxygen atoms in total. The van der Waals surface area contributed by atoms with Gasteiger partial charge in [0.05, 0.1) is 6.10 Å². The van der Waals surface area contributed by atoms with Crippen LogP contribution in [0, 0.1) is 0 Å². The third-order valence-electron chi connectivity index (χ3n) is 4.41. The van der Waals surface area contributed by atoms with Crippen LogP contribution in [0.1, 0.15) is 24.2 Å². The third-order valence-corrected chi connectivity index (χ3v) is 5.73. The first-order valence-electron chi connectivity index (χ1n) is 8.78. The fourth-order valence-electron chi connectivity index (χ4n) is 3.08. The maximum absolute atomic E-state index is 6.07. The highest BCUT2D eigenvalue weighted by Gasteiger charge is 2.20. The Kier molecular flexibility index (Phi) is 5.58. The van der Waals surface area contributed by atoms with Gasteiger partial charge in [-0.25, -0.2) is 0 Å². The normalized spacial score (nSPS) is 16.9.